The molecule has 0 saturated heterocycles. The zero-order valence-corrected chi connectivity index (χ0v) is 14.6. The Bertz CT molecular complexity index is 715. The number of carbonyl (C=O) groups is 2. The van der Waals surface area contributed by atoms with Gasteiger partial charge in [-0.1, -0.05) is 12.1 Å². The van der Waals surface area contributed by atoms with Gasteiger partial charge in [0.2, 0.25) is 0 Å². The summed E-state index contributed by atoms with van der Waals surface area (Å²) in [6.45, 7) is 1.54. The van der Waals surface area contributed by atoms with Crippen molar-refractivity contribution >= 4 is 29.3 Å². The van der Waals surface area contributed by atoms with Crippen LogP contribution >= 0.6 is 11.8 Å². The first-order valence-corrected chi connectivity index (χ1v) is 8.56. The molecule has 0 fully saturated rings. The lowest BCUT2D eigenvalue weighted by Gasteiger charge is -2.14. The van der Waals surface area contributed by atoms with Crippen LogP contribution in [0.15, 0.2) is 53.4 Å². The summed E-state index contributed by atoms with van der Waals surface area (Å²) in [5, 5.41) is 2.70. The average Bonchev–Trinajstić information content (AvgIpc) is 2.62. The molecule has 0 aliphatic rings. The van der Waals surface area contributed by atoms with Gasteiger partial charge >= 0.3 is 5.97 Å². The third kappa shape index (κ3) is 4.52. The van der Waals surface area contributed by atoms with Gasteiger partial charge in [0.15, 0.2) is 6.10 Å². The minimum atomic E-state index is -0.908. The lowest BCUT2D eigenvalue weighted by atomic mass is 10.2. The maximum atomic E-state index is 12.2. The molecule has 0 aliphatic carbocycles. The number of hydrogen-bond acceptors (Lipinski definition) is 5. The number of anilines is 1. The zero-order valence-electron chi connectivity index (χ0n) is 13.7. The standard InChI is InChI=1S/C18H19NO4S/c1-12(17(20)19-13-8-10-14(22-2)11-9-13)23-18(21)15-6-4-5-7-16(15)24-3/h4-12H,1-3H3,(H,19,20)/t12-/m1/s1. The molecule has 0 aromatic heterocycles. The Morgan fingerprint density at radius 3 is 2.38 bits per heavy atom. The molecule has 5 nitrogen and oxygen atoms in total. The number of thioether (sulfide) groups is 1. The number of methoxy groups -OCH3 is 1. The van der Waals surface area contributed by atoms with E-state index >= 15 is 0 Å². The third-order valence-electron chi connectivity index (χ3n) is 3.34. The third-order valence-corrected chi connectivity index (χ3v) is 4.13. The molecule has 1 N–H and O–H groups in total. The van der Waals surface area contributed by atoms with E-state index in [-0.39, 0.29) is 0 Å². The lowest BCUT2D eigenvalue weighted by Crippen LogP contribution is -2.30. The van der Waals surface area contributed by atoms with E-state index in [0.29, 0.717) is 17.0 Å². The van der Waals surface area contributed by atoms with Crippen molar-refractivity contribution in [1.82, 2.24) is 0 Å². The van der Waals surface area contributed by atoms with E-state index in [1.807, 2.05) is 18.4 Å². The monoisotopic (exact) mass is 345 g/mol. The van der Waals surface area contributed by atoms with Crippen LogP contribution in [0.5, 0.6) is 5.75 Å². The van der Waals surface area contributed by atoms with Crippen LogP contribution in [0, 0.1) is 0 Å². The van der Waals surface area contributed by atoms with Gasteiger partial charge in [-0.05, 0) is 49.6 Å². The van der Waals surface area contributed by atoms with Gasteiger partial charge in [0.05, 0.1) is 12.7 Å². The quantitative estimate of drug-likeness (QED) is 0.640. The van der Waals surface area contributed by atoms with E-state index in [1.165, 1.54) is 11.8 Å². The number of nitrogens with one attached hydrogen (secondary N) is 1. The molecule has 2 aromatic carbocycles. The number of ether oxygens (including phenoxy) is 2. The van der Waals surface area contributed by atoms with Crippen molar-refractivity contribution in [3.8, 4) is 5.75 Å². The highest BCUT2D eigenvalue weighted by Gasteiger charge is 2.20. The Kier molecular flexibility index (Phi) is 6.26. The Morgan fingerprint density at radius 2 is 1.75 bits per heavy atom. The van der Waals surface area contributed by atoms with Crippen molar-refractivity contribution < 1.29 is 19.1 Å². The molecule has 0 bridgehead atoms. The van der Waals surface area contributed by atoms with Crippen LogP contribution in [0.2, 0.25) is 0 Å². The Morgan fingerprint density at radius 1 is 1.08 bits per heavy atom. The average molecular weight is 345 g/mol. The molecule has 24 heavy (non-hydrogen) atoms. The summed E-state index contributed by atoms with van der Waals surface area (Å²) in [4.78, 5) is 25.2. The van der Waals surface area contributed by atoms with Crippen molar-refractivity contribution in [2.45, 2.75) is 17.9 Å². The topological polar surface area (TPSA) is 64.6 Å². The van der Waals surface area contributed by atoms with Crippen LogP contribution in [0.4, 0.5) is 5.69 Å². The molecular formula is C18H19NO4S. The van der Waals surface area contributed by atoms with Gasteiger partial charge in [-0.15, -0.1) is 11.8 Å². The molecule has 0 heterocycles. The summed E-state index contributed by atoms with van der Waals surface area (Å²) in [7, 11) is 1.57. The summed E-state index contributed by atoms with van der Waals surface area (Å²) in [6.07, 6.45) is 0.973. The van der Waals surface area contributed by atoms with Crippen LogP contribution in [0.1, 0.15) is 17.3 Å². The van der Waals surface area contributed by atoms with E-state index in [1.54, 1.807) is 50.4 Å². The molecule has 0 unspecified atom stereocenters. The SMILES string of the molecule is COc1ccc(NC(=O)[C@@H](C)OC(=O)c2ccccc2SC)cc1. The second kappa shape index (κ2) is 8.40. The van der Waals surface area contributed by atoms with E-state index < -0.39 is 18.0 Å². The second-order valence-corrected chi connectivity index (χ2v) is 5.81. The summed E-state index contributed by atoms with van der Waals surface area (Å²) in [6, 6.07) is 14.0. The van der Waals surface area contributed by atoms with E-state index in [4.69, 9.17) is 9.47 Å². The van der Waals surface area contributed by atoms with Crippen LogP contribution in [-0.4, -0.2) is 31.3 Å². The van der Waals surface area contributed by atoms with Crippen molar-refractivity contribution in [1.29, 1.82) is 0 Å². The van der Waals surface area contributed by atoms with Crippen molar-refractivity contribution in [3.63, 3.8) is 0 Å². The second-order valence-electron chi connectivity index (χ2n) is 4.97. The molecule has 2 rings (SSSR count). The van der Waals surface area contributed by atoms with Gasteiger partial charge in [-0.25, -0.2) is 4.79 Å². The molecule has 1 atom stereocenters. The highest BCUT2D eigenvalue weighted by molar-refractivity contribution is 7.98. The first-order valence-electron chi connectivity index (χ1n) is 7.34. The number of benzene rings is 2. The van der Waals surface area contributed by atoms with Crippen LogP contribution in [0.3, 0.4) is 0 Å². The maximum Gasteiger partial charge on any atom is 0.340 e. The molecule has 2 aromatic rings. The highest BCUT2D eigenvalue weighted by atomic mass is 32.2. The van der Waals surface area contributed by atoms with Crippen LogP contribution in [0.25, 0.3) is 0 Å². The molecule has 0 radical (unpaired) electrons. The predicted octanol–water partition coefficient (Wildman–Crippen LogP) is 3.60. The number of esters is 1. The van der Waals surface area contributed by atoms with Gasteiger partial charge in [-0.3, -0.25) is 4.79 Å². The van der Waals surface area contributed by atoms with Gasteiger partial charge < -0.3 is 14.8 Å². The minimum Gasteiger partial charge on any atom is -0.497 e. The first kappa shape index (κ1) is 17.9. The fourth-order valence-corrected chi connectivity index (χ4v) is 2.60. The van der Waals surface area contributed by atoms with Crippen molar-refractivity contribution in [2.24, 2.45) is 0 Å². The Hall–Kier alpha value is -2.47. The van der Waals surface area contributed by atoms with Gasteiger partial charge in [0.1, 0.15) is 5.75 Å². The van der Waals surface area contributed by atoms with Crippen molar-refractivity contribution in [2.75, 3.05) is 18.7 Å². The number of carbonyl (C=O) groups excluding carboxylic acids is 2. The van der Waals surface area contributed by atoms with Gasteiger partial charge in [0.25, 0.3) is 5.91 Å². The van der Waals surface area contributed by atoms with E-state index in [0.717, 1.165) is 4.90 Å². The maximum absolute atomic E-state index is 12.2. The van der Waals surface area contributed by atoms with E-state index in [9.17, 15) is 9.59 Å². The normalized spacial score (nSPS) is 11.5. The molecule has 126 valence electrons. The van der Waals surface area contributed by atoms with Crippen molar-refractivity contribution in [3.05, 3.63) is 54.1 Å². The first-order chi connectivity index (χ1) is 11.5. The minimum absolute atomic E-state index is 0.393. The van der Waals surface area contributed by atoms with Gasteiger partial charge in [0, 0.05) is 10.6 Å². The van der Waals surface area contributed by atoms with Crippen LogP contribution in [-0.2, 0) is 9.53 Å². The molecular weight excluding hydrogens is 326 g/mol. The Labute approximate surface area is 145 Å². The zero-order chi connectivity index (χ0) is 17.5. The fraction of sp³-hybridized carbons (Fsp3) is 0.222. The summed E-state index contributed by atoms with van der Waals surface area (Å²) < 4.78 is 10.3. The van der Waals surface area contributed by atoms with Gasteiger partial charge in [-0.2, -0.15) is 0 Å². The summed E-state index contributed by atoms with van der Waals surface area (Å²) in [5.74, 6) is -0.214. The van der Waals surface area contributed by atoms with E-state index in [2.05, 4.69) is 5.32 Å². The molecule has 1 amide bonds. The number of amides is 1. The highest BCUT2D eigenvalue weighted by Crippen LogP contribution is 2.21. The molecule has 6 heteroatoms. The van der Waals surface area contributed by atoms with Crippen LogP contribution < -0.4 is 10.1 Å². The fourth-order valence-electron chi connectivity index (χ4n) is 2.01. The molecule has 0 spiro atoms. The summed E-state index contributed by atoms with van der Waals surface area (Å²) >= 11 is 1.45. The number of rotatable bonds is 6. The Balaban J connectivity index is 1.98. The smallest absolute Gasteiger partial charge is 0.340 e. The lowest BCUT2D eigenvalue weighted by molar-refractivity contribution is -0.123. The number of hydrogen-bond donors (Lipinski definition) is 1. The molecule has 0 saturated carbocycles. The molecule has 0 aliphatic heterocycles. The summed E-state index contributed by atoms with van der Waals surface area (Å²) in [5.41, 5.74) is 1.06. The predicted molar refractivity (Wildman–Crippen MR) is 94.7 cm³/mol. The largest absolute Gasteiger partial charge is 0.497 e.